The zero-order valence-electron chi connectivity index (χ0n) is 10.3. The fraction of sp³-hybridized carbons (Fsp3) is 0.500. The first-order valence-corrected chi connectivity index (χ1v) is 7.45. The first-order valence-electron chi connectivity index (χ1n) is 6.38. The van der Waals surface area contributed by atoms with E-state index in [1.165, 1.54) is 12.8 Å². The largest absolute Gasteiger partial charge is 0.381 e. The minimum Gasteiger partial charge on any atom is -0.381 e. The molecule has 0 heterocycles. The van der Waals surface area contributed by atoms with Crippen LogP contribution < -0.4 is 5.32 Å². The molecule has 1 aromatic carbocycles. The summed E-state index contributed by atoms with van der Waals surface area (Å²) in [6.45, 7) is 2.31. The maximum atomic E-state index is 11.9. The normalized spacial score (nSPS) is 14.5. The Morgan fingerprint density at radius 1 is 1.39 bits per heavy atom. The standard InChI is InChI=1S/C14H18INO2/c15-13-5-2-1-4-12(13)14(17)16-8-3-9-18-10-11-6-7-11/h1-2,4-5,11H,3,6-10H2,(H,16,17). The lowest BCUT2D eigenvalue weighted by atomic mass is 10.2. The number of rotatable bonds is 7. The molecule has 0 aromatic heterocycles. The van der Waals surface area contributed by atoms with E-state index in [1.807, 2.05) is 24.3 Å². The highest BCUT2D eigenvalue weighted by Gasteiger charge is 2.20. The lowest BCUT2D eigenvalue weighted by molar-refractivity contribution is 0.0936. The molecule has 98 valence electrons. The van der Waals surface area contributed by atoms with Crippen molar-refractivity contribution in [1.29, 1.82) is 0 Å². The molecule has 0 saturated heterocycles. The Morgan fingerprint density at radius 3 is 2.89 bits per heavy atom. The average Bonchev–Trinajstić information content (AvgIpc) is 3.18. The molecule has 0 unspecified atom stereocenters. The molecule has 1 aliphatic rings. The Hall–Kier alpha value is -0.620. The Kier molecular flexibility index (Phi) is 5.44. The highest BCUT2D eigenvalue weighted by molar-refractivity contribution is 14.1. The first kappa shape index (κ1) is 13.8. The molecule has 18 heavy (non-hydrogen) atoms. The molecule has 1 aromatic rings. The van der Waals surface area contributed by atoms with E-state index in [0.29, 0.717) is 6.54 Å². The van der Waals surface area contributed by atoms with Crippen molar-refractivity contribution in [2.75, 3.05) is 19.8 Å². The lowest BCUT2D eigenvalue weighted by Gasteiger charge is -2.07. The Morgan fingerprint density at radius 2 is 2.17 bits per heavy atom. The summed E-state index contributed by atoms with van der Waals surface area (Å²) in [5, 5.41) is 2.92. The van der Waals surface area contributed by atoms with Crippen molar-refractivity contribution >= 4 is 28.5 Å². The van der Waals surface area contributed by atoms with Gasteiger partial charge in [-0.05, 0) is 59.9 Å². The van der Waals surface area contributed by atoms with Crippen LogP contribution in [0.2, 0.25) is 0 Å². The van der Waals surface area contributed by atoms with Gasteiger partial charge in [-0.1, -0.05) is 12.1 Å². The summed E-state index contributed by atoms with van der Waals surface area (Å²) in [4.78, 5) is 11.9. The van der Waals surface area contributed by atoms with Crippen LogP contribution in [0.4, 0.5) is 0 Å². The van der Waals surface area contributed by atoms with E-state index in [2.05, 4.69) is 27.9 Å². The van der Waals surface area contributed by atoms with Gasteiger partial charge >= 0.3 is 0 Å². The molecule has 0 radical (unpaired) electrons. The molecule has 0 aliphatic heterocycles. The SMILES string of the molecule is O=C(NCCCOCC1CC1)c1ccccc1I. The van der Waals surface area contributed by atoms with Gasteiger partial charge in [0, 0.05) is 23.3 Å². The molecule has 0 spiro atoms. The van der Waals surface area contributed by atoms with Crippen LogP contribution in [0.3, 0.4) is 0 Å². The molecule has 4 heteroatoms. The average molecular weight is 359 g/mol. The molecule has 1 saturated carbocycles. The molecule has 1 N–H and O–H groups in total. The topological polar surface area (TPSA) is 38.3 Å². The van der Waals surface area contributed by atoms with Crippen LogP contribution in [-0.4, -0.2) is 25.7 Å². The zero-order chi connectivity index (χ0) is 12.8. The van der Waals surface area contributed by atoms with Gasteiger partial charge in [0.15, 0.2) is 0 Å². The molecule has 2 rings (SSSR count). The summed E-state index contributed by atoms with van der Waals surface area (Å²) in [7, 11) is 0. The van der Waals surface area contributed by atoms with Crippen LogP contribution in [0.25, 0.3) is 0 Å². The third-order valence-electron chi connectivity index (χ3n) is 2.92. The number of benzene rings is 1. The molecule has 3 nitrogen and oxygen atoms in total. The lowest BCUT2D eigenvalue weighted by Crippen LogP contribution is -2.26. The van der Waals surface area contributed by atoms with Gasteiger partial charge in [-0.2, -0.15) is 0 Å². The summed E-state index contributed by atoms with van der Waals surface area (Å²) in [5.74, 6) is 0.813. The van der Waals surface area contributed by atoms with Crippen molar-refractivity contribution < 1.29 is 9.53 Å². The van der Waals surface area contributed by atoms with E-state index in [0.717, 1.165) is 34.7 Å². The van der Waals surface area contributed by atoms with Gasteiger partial charge in [0.05, 0.1) is 5.56 Å². The molecular formula is C14H18INO2. The Bertz CT molecular complexity index is 405. The van der Waals surface area contributed by atoms with Crippen molar-refractivity contribution in [3.8, 4) is 0 Å². The minimum atomic E-state index is 0.00203. The molecular weight excluding hydrogens is 341 g/mol. The fourth-order valence-electron chi connectivity index (χ4n) is 1.65. The van der Waals surface area contributed by atoms with Gasteiger partial charge < -0.3 is 10.1 Å². The molecule has 0 atom stereocenters. The third kappa shape index (κ3) is 4.57. The predicted molar refractivity (Wildman–Crippen MR) is 79.7 cm³/mol. The number of hydrogen-bond acceptors (Lipinski definition) is 2. The quantitative estimate of drug-likeness (QED) is 0.601. The minimum absolute atomic E-state index is 0.00203. The highest BCUT2D eigenvalue weighted by Crippen LogP contribution is 2.28. The zero-order valence-corrected chi connectivity index (χ0v) is 12.5. The summed E-state index contributed by atoms with van der Waals surface area (Å²) < 4.78 is 6.50. The van der Waals surface area contributed by atoms with E-state index in [4.69, 9.17) is 4.74 Å². The molecule has 1 fully saturated rings. The molecule has 1 amide bonds. The number of amides is 1. The summed E-state index contributed by atoms with van der Waals surface area (Å²) in [6, 6.07) is 7.61. The number of nitrogens with one attached hydrogen (secondary N) is 1. The summed E-state index contributed by atoms with van der Waals surface area (Å²) in [6.07, 6.45) is 3.52. The second-order valence-corrected chi connectivity index (χ2v) is 5.77. The number of carbonyl (C=O) groups excluding carboxylic acids is 1. The van der Waals surface area contributed by atoms with Crippen molar-refractivity contribution in [1.82, 2.24) is 5.32 Å². The monoisotopic (exact) mass is 359 g/mol. The van der Waals surface area contributed by atoms with Gasteiger partial charge in [0.1, 0.15) is 0 Å². The van der Waals surface area contributed by atoms with E-state index >= 15 is 0 Å². The van der Waals surface area contributed by atoms with Crippen LogP contribution in [0, 0.1) is 9.49 Å². The maximum Gasteiger partial charge on any atom is 0.252 e. The fourth-order valence-corrected chi connectivity index (χ4v) is 2.28. The van der Waals surface area contributed by atoms with Crippen LogP contribution in [0.5, 0.6) is 0 Å². The van der Waals surface area contributed by atoms with Crippen LogP contribution in [-0.2, 0) is 4.74 Å². The number of carbonyl (C=O) groups is 1. The van der Waals surface area contributed by atoms with Crippen molar-refractivity contribution in [2.45, 2.75) is 19.3 Å². The molecule has 1 aliphatic carbocycles. The summed E-state index contributed by atoms with van der Waals surface area (Å²) >= 11 is 2.18. The Labute approximate surface area is 121 Å². The van der Waals surface area contributed by atoms with Gasteiger partial charge in [-0.25, -0.2) is 0 Å². The van der Waals surface area contributed by atoms with Crippen molar-refractivity contribution in [3.63, 3.8) is 0 Å². The van der Waals surface area contributed by atoms with Gasteiger partial charge in [-0.3, -0.25) is 4.79 Å². The Balaban J connectivity index is 1.60. The number of ether oxygens (including phenoxy) is 1. The van der Waals surface area contributed by atoms with Gasteiger partial charge in [0.2, 0.25) is 0 Å². The second-order valence-electron chi connectivity index (χ2n) is 4.61. The highest BCUT2D eigenvalue weighted by atomic mass is 127. The van der Waals surface area contributed by atoms with E-state index in [1.54, 1.807) is 0 Å². The van der Waals surface area contributed by atoms with Crippen LogP contribution >= 0.6 is 22.6 Å². The third-order valence-corrected chi connectivity index (χ3v) is 3.86. The van der Waals surface area contributed by atoms with Gasteiger partial charge in [-0.15, -0.1) is 0 Å². The van der Waals surface area contributed by atoms with Crippen LogP contribution in [0.15, 0.2) is 24.3 Å². The summed E-state index contributed by atoms with van der Waals surface area (Å²) in [5.41, 5.74) is 0.747. The van der Waals surface area contributed by atoms with Crippen molar-refractivity contribution in [2.24, 2.45) is 5.92 Å². The number of halogens is 1. The smallest absolute Gasteiger partial charge is 0.252 e. The molecule has 0 bridgehead atoms. The van der Waals surface area contributed by atoms with E-state index in [-0.39, 0.29) is 5.91 Å². The number of hydrogen-bond donors (Lipinski definition) is 1. The predicted octanol–water partition coefficient (Wildman–Crippen LogP) is 2.84. The van der Waals surface area contributed by atoms with Gasteiger partial charge in [0.25, 0.3) is 5.91 Å². The van der Waals surface area contributed by atoms with Crippen molar-refractivity contribution in [3.05, 3.63) is 33.4 Å². The maximum absolute atomic E-state index is 11.9. The first-order chi connectivity index (χ1) is 8.77. The van der Waals surface area contributed by atoms with E-state index in [9.17, 15) is 4.79 Å². The van der Waals surface area contributed by atoms with E-state index < -0.39 is 0 Å². The van der Waals surface area contributed by atoms with Crippen LogP contribution in [0.1, 0.15) is 29.6 Å². The second kappa shape index (κ2) is 7.09.